The summed E-state index contributed by atoms with van der Waals surface area (Å²) in [5.74, 6) is -3.39. The fraction of sp³-hybridized carbons (Fsp3) is 0.391. The molecule has 1 N–H and O–H groups in total. The van der Waals surface area contributed by atoms with Crippen LogP contribution in [0.4, 0.5) is 13.6 Å². The van der Waals surface area contributed by atoms with Crippen LogP contribution in [-0.2, 0) is 4.79 Å². The summed E-state index contributed by atoms with van der Waals surface area (Å²) in [6.07, 6.45) is 0.403. The van der Waals surface area contributed by atoms with E-state index < -0.39 is 48.6 Å². The van der Waals surface area contributed by atoms with Crippen LogP contribution in [-0.4, -0.2) is 52.2 Å². The maximum Gasteiger partial charge on any atom is 0.325 e. The van der Waals surface area contributed by atoms with E-state index in [9.17, 15) is 23.2 Å². The number of halogens is 2. The molecule has 2 aromatic rings. The van der Waals surface area contributed by atoms with Crippen molar-refractivity contribution >= 4 is 17.7 Å². The van der Waals surface area contributed by atoms with Crippen LogP contribution in [0, 0.1) is 0 Å². The molecule has 7 nitrogen and oxygen atoms in total. The molecule has 0 radical (unpaired) electrons. The van der Waals surface area contributed by atoms with Gasteiger partial charge in [0.2, 0.25) is 11.8 Å². The van der Waals surface area contributed by atoms with Crippen molar-refractivity contribution in [3.05, 3.63) is 48.2 Å². The number of carbonyl (C=O) groups is 3. The molecule has 168 valence electrons. The quantitative estimate of drug-likeness (QED) is 0.542. The van der Waals surface area contributed by atoms with E-state index >= 15 is 0 Å². The van der Waals surface area contributed by atoms with Gasteiger partial charge in [0.05, 0.1) is 13.2 Å². The second kappa shape index (κ2) is 8.29. The van der Waals surface area contributed by atoms with Gasteiger partial charge in [-0.25, -0.2) is 18.6 Å². The Hall–Kier alpha value is -3.36. The number of nitrogens with one attached hydrogen (secondary N) is 1. The lowest BCUT2D eigenvalue weighted by atomic mass is 9.80. The highest BCUT2D eigenvalue weighted by Gasteiger charge is 2.55. The predicted molar refractivity (Wildman–Crippen MR) is 112 cm³/mol. The van der Waals surface area contributed by atoms with Crippen LogP contribution in [0.1, 0.15) is 43.0 Å². The van der Waals surface area contributed by atoms with Crippen molar-refractivity contribution in [1.29, 1.82) is 0 Å². The van der Waals surface area contributed by atoms with Crippen LogP contribution >= 0.6 is 0 Å². The van der Waals surface area contributed by atoms with Gasteiger partial charge in [-0.1, -0.05) is 24.3 Å². The van der Waals surface area contributed by atoms with Gasteiger partial charge in [-0.05, 0) is 37.5 Å². The molecule has 1 saturated carbocycles. The molecule has 1 spiro atoms. The number of urea groups is 1. The Morgan fingerprint density at radius 3 is 2.47 bits per heavy atom. The molecule has 0 bridgehead atoms. The van der Waals surface area contributed by atoms with E-state index in [1.807, 2.05) is 13.0 Å². The second-order valence-electron chi connectivity index (χ2n) is 8.05. The summed E-state index contributed by atoms with van der Waals surface area (Å²) in [5, 5.41) is 2.54. The molecule has 0 unspecified atom stereocenters. The Balaban J connectivity index is 1.47. The van der Waals surface area contributed by atoms with Crippen molar-refractivity contribution in [2.24, 2.45) is 0 Å². The average Bonchev–Trinajstić information content (AvgIpc) is 3.01. The molecule has 4 rings (SSSR count). The molecule has 2 aliphatic rings. The molecule has 0 atom stereocenters. The lowest BCUT2D eigenvalue weighted by Crippen LogP contribution is -2.51. The predicted octanol–water partition coefficient (Wildman–Crippen LogP) is 3.83. The number of nitrogens with zero attached hydrogens (tertiary/aromatic N) is 2. The minimum absolute atomic E-state index is 0.142. The fourth-order valence-corrected chi connectivity index (χ4v) is 4.13. The average molecular weight is 443 g/mol. The van der Waals surface area contributed by atoms with Gasteiger partial charge in [0.15, 0.2) is 5.78 Å². The Labute approximate surface area is 183 Å². The zero-order chi connectivity index (χ0) is 22.9. The van der Waals surface area contributed by atoms with Crippen LogP contribution in [0.5, 0.6) is 5.88 Å². The van der Waals surface area contributed by atoms with Gasteiger partial charge in [0.25, 0.3) is 5.91 Å². The third-order valence-electron chi connectivity index (χ3n) is 5.95. The van der Waals surface area contributed by atoms with Gasteiger partial charge in [-0.15, -0.1) is 0 Å². The molecule has 1 aromatic heterocycles. The topological polar surface area (TPSA) is 88.6 Å². The molecule has 32 heavy (non-hydrogen) atoms. The largest absolute Gasteiger partial charge is 0.478 e. The fourth-order valence-electron chi connectivity index (χ4n) is 4.13. The zero-order valence-electron chi connectivity index (χ0n) is 17.6. The third kappa shape index (κ3) is 4.06. The number of Topliss-reactive ketones (excluding diaryl/α,β-unsaturated/α-hetero) is 1. The minimum atomic E-state index is -2.84. The molecule has 2 heterocycles. The van der Waals surface area contributed by atoms with Crippen molar-refractivity contribution < 1.29 is 27.9 Å². The van der Waals surface area contributed by atoms with Crippen LogP contribution < -0.4 is 10.1 Å². The van der Waals surface area contributed by atoms with Crippen molar-refractivity contribution in [1.82, 2.24) is 15.2 Å². The highest BCUT2D eigenvalue weighted by atomic mass is 19.3. The van der Waals surface area contributed by atoms with Crippen LogP contribution in [0.2, 0.25) is 0 Å². The number of amides is 3. The number of ketones is 1. The first-order valence-corrected chi connectivity index (χ1v) is 10.5. The number of imide groups is 1. The highest BCUT2D eigenvalue weighted by molar-refractivity contribution is 6.11. The first-order valence-electron chi connectivity index (χ1n) is 10.5. The smallest absolute Gasteiger partial charge is 0.325 e. The Morgan fingerprint density at radius 2 is 1.81 bits per heavy atom. The molecule has 9 heteroatoms. The van der Waals surface area contributed by atoms with Crippen molar-refractivity contribution in [2.45, 2.75) is 44.1 Å². The molecule has 1 saturated heterocycles. The summed E-state index contributed by atoms with van der Waals surface area (Å²) in [6, 6.07) is 9.61. The van der Waals surface area contributed by atoms with E-state index in [4.69, 9.17) is 4.74 Å². The lowest BCUT2D eigenvalue weighted by Gasteiger charge is -2.34. The number of hydrogen-bond donors (Lipinski definition) is 1. The zero-order valence-corrected chi connectivity index (χ0v) is 17.6. The summed E-state index contributed by atoms with van der Waals surface area (Å²) >= 11 is 0. The highest BCUT2D eigenvalue weighted by Crippen LogP contribution is 2.41. The van der Waals surface area contributed by atoms with Crippen molar-refractivity contribution in [3.63, 3.8) is 0 Å². The first kappa shape index (κ1) is 21.9. The van der Waals surface area contributed by atoms with Crippen molar-refractivity contribution in [3.8, 4) is 17.0 Å². The number of benzene rings is 1. The SMILES string of the molecule is CCOc1ncccc1-c1ccc(C(=O)CN2C(=O)NC3(CCC(F)(F)CC3)C2=O)cc1. The van der Waals surface area contributed by atoms with Crippen LogP contribution in [0.3, 0.4) is 0 Å². The summed E-state index contributed by atoms with van der Waals surface area (Å²) in [4.78, 5) is 43.0. The third-order valence-corrected chi connectivity index (χ3v) is 5.95. The Kier molecular flexibility index (Phi) is 5.66. The number of ether oxygens (including phenoxy) is 1. The Morgan fingerprint density at radius 1 is 1.12 bits per heavy atom. The van der Waals surface area contributed by atoms with Gasteiger partial charge < -0.3 is 10.1 Å². The molecular formula is C23H23F2N3O4. The second-order valence-corrected chi connectivity index (χ2v) is 8.05. The number of hydrogen-bond acceptors (Lipinski definition) is 5. The van der Waals surface area contributed by atoms with E-state index in [-0.39, 0.29) is 12.8 Å². The molecule has 1 aliphatic carbocycles. The maximum atomic E-state index is 13.5. The van der Waals surface area contributed by atoms with Gasteiger partial charge >= 0.3 is 6.03 Å². The van der Waals surface area contributed by atoms with Gasteiger partial charge in [-0.2, -0.15) is 0 Å². The minimum Gasteiger partial charge on any atom is -0.478 e. The summed E-state index contributed by atoms with van der Waals surface area (Å²) in [5.41, 5.74) is 0.569. The van der Waals surface area contributed by atoms with Gasteiger partial charge in [0, 0.05) is 30.2 Å². The van der Waals surface area contributed by atoms with Gasteiger partial charge in [-0.3, -0.25) is 14.5 Å². The van der Waals surface area contributed by atoms with E-state index in [0.717, 1.165) is 16.0 Å². The van der Waals surface area contributed by atoms with Gasteiger partial charge in [0.1, 0.15) is 5.54 Å². The number of pyridine rings is 1. The normalized spacial score (nSPS) is 19.2. The van der Waals surface area contributed by atoms with E-state index in [1.165, 1.54) is 0 Å². The first-order chi connectivity index (χ1) is 15.2. The van der Waals surface area contributed by atoms with E-state index in [0.29, 0.717) is 18.1 Å². The van der Waals surface area contributed by atoms with Crippen LogP contribution in [0.25, 0.3) is 11.1 Å². The van der Waals surface area contributed by atoms with E-state index in [2.05, 4.69) is 10.3 Å². The number of aromatic nitrogens is 1. The molecule has 2 fully saturated rings. The molecule has 1 aromatic carbocycles. The van der Waals surface area contributed by atoms with E-state index in [1.54, 1.807) is 36.5 Å². The number of alkyl halides is 2. The standard InChI is InChI=1S/C23H23F2N3O4/c1-2-32-19-17(4-3-13-26-19)15-5-7-16(8-6-15)18(29)14-28-20(30)22(27-21(28)31)9-11-23(24,25)12-10-22/h3-8,13H,2,9-12,14H2,1H3,(H,27,31). The molecular weight excluding hydrogens is 420 g/mol. The molecule has 1 aliphatic heterocycles. The summed E-state index contributed by atoms with van der Waals surface area (Å²) in [7, 11) is 0. The summed E-state index contributed by atoms with van der Waals surface area (Å²) in [6.45, 7) is 1.88. The number of carbonyl (C=O) groups excluding carboxylic acids is 3. The van der Waals surface area contributed by atoms with Crippen LogP contribution in [0.15, 0.2) is 42.6 Å². The summed E-state index contributed by atoms with van der Waals surface area (Å²) < 4.78 is 32.6. The Bertz CT molecular complexity index is 1050. The maximum absolute atomic E-state index is 13.5. The molecule has 3 amide bonds. The monoisotopic (exact) mass is 443 g/mol. The lowest BCUT2D eigenvalue weighted by molar-refractivity contribution is -0.135. The van der Waals surface area contributed by atoms with Crippen molar-refractivity contribution in [2.75, 3.05) is 13.2 Å². The number of rotatable bonds is 6.